The Balaban J connectivity index is 1.90. The van der Waals surface area contributed by atoms with Crippen molar-refractivity contribution in [1.82, 2.24) is 0 Å². The average molecular weight is 244 g/mol. The summed E-state index contributed by atoms with van der Waals surface area (Å²) in [4.78, 5) is 0. The summed E-state index contributed by atoms with van der Waals surface area (Å²) >= 11 is 0. The maximum absolute atomic E-state index is 9.07. The number of hydrogen-bond acceptors (Lipinski definition) is 3. The second-order valence-corrected chi connectivity index (χ2v) is 3.96. The van der Waals surface area contributed by atoms with Crippen molar-refractivity contribution in [1.29, 1.82) is 0 Å². The maximum Gasteiger partial charge on any atom is 0.194 e. The predicted octanol–water partition coefficient (Wildman–Crippen LogP) is 2.98. The molecule has 0 fully saturated rings. The maximum atomic E-state index is 9.07. The predicted molar refractivity (Wildman–Crippen MR) is 69.5 cm³/mol. The molecule has 0 bridgehead atoms. The molecular weight excluding hydrogens is 228 g/mol. The van der Waals surface area contributed by atoms with E-state index in [1.165, 1.54) is 0 Å². The molecule has 0 aliphatic rings. The van der Waals surface area contributed by atoms with Crippen molar-refractivity contribution in [2.75, 3.05) is 0 Å². The van der Waals surface area contributed by atoms with Crippen LogP contribution in [-0.2, 0) is 6.61 Å². The lowest BCUT2D eigenvalue weighted by Crippen LogP contribution is -2.09. The van der Waals surface area contributed by atoms with Gasteiger partial charge in [-0.05, 0) is 36.8 Å². The lowest BCUT2D eigenvalue weighted by molar-refractivity contribution is -0.000338. The molecule has 3 heteroatoms. The van der Waals surface area contributed by atoms with Crippen LogP contribution in [0.2, 0.25) is 0 Å². The molecule has 0 saturated carbocycles. The van der Waals surface area contributed by atoms with Gasteiger partial charge in [0.05, 0.1) is 0 Å². The van der Waals surface area contributed by atoms with E-state index in [2.05, 4.69) is 0 Å². The van der Waals surface area contributed by atoms with Gasteiger partial charge in [0.2, 0.25) is 0 Å². The molecule has 94 valence electrons. The second kappa shape index (κ2) is 6.07. The normalized spacial score (nSPS) is 11.9. The molecule has 0 radical (unpaired) electrons. The molecule has 2 aromatic carbocycles. The summed E-state index contributed by atoms with van der Waals surface area (Å²) < 4.78 is 10.8. The highest BCUT2D eigenvalue weighted by atomic mass is 16.6. The van der Waals surface area contributed by atoms with Crippen molar-refractivity contribution in [3.63, 3.8) is 0 Å². The molecule has 2 rings (SSSR count). The van der Waals surface area contributed by atoms with Gasteiger partial charge in [-0.15, -0.1) is 0 Å². The molecule has 3 nitrogen and oxygen atoms in total. The first-order chi connectivity index (χ1) is 8.74. The third-order valence-electron chi connectivity index (χ3n) is 2.38. The van der Waals surface area contributed by atoms with Crippen LogP contribution < -0.4 is 9.47 Å². The Morgan fingerprint density at radius 1 is 0.944 bits per heavy atom. The second-order valence-electron chi connectivity index (χ2n) is 3.96. The summed E-state index contributed by atoms with van der Waals surface area (Å²) in [7, 11) is 0. The fourth-order valence-corrected chi connectivity index (χ4v) is 1.55. The van der Waals surface area contributed by atoms with Crippen LogP contribution in [-0.4, -0.2) is 11.4 Å². The third kappa shape index (κ3) is 3.79. The van der Waals surface area contributed by atoms with Crippen LogP contribution in [0, 0.1) is 0 Å². The van der Waals surface area contributed by atoms with Gasteiger partial charge in [0.25, 0.3) is 0 Å². The van der Waals surface area contributed by atoms with Gasteiger partial charge in [-0.2, -0.15) is 0 Å². The minimum absolute atomic E-state index is 0.539. The van der Waals surface area contributed by atoms with E-state index in [0.717, 1.165) is 11.3 Å². The molecule has 1 N–H and O–H groups in total. The smallest absolute Gasteiger partial charge is 0.194 e. The fraction of sp³-hybridized carbons (Fsp3) is 0.200. The summed E-state index contributed by atoms with van der Waals surface area (Å²) in [5.74, 6) is 1.40. The molecule has 18 heavy (non-hydrogen) atoms. The monoisotopic (exact) mass is 244 g/mol. The first kappa shape index (κ1) is 12.5. The zero-order valence-electron chi connectivity index (χ0n) is 10.2. The zero-order valence-corrected chi connectivity index (χ0v) is 10.2. The van der Waals surface area contributed by atoms with Crippen LogP contribution in [0.5, 0.6) is 11.5 Å². The molecule has 0 aromatic heterocycles. The van der Waals surface area contributed by atoms with E-state index in [4.69, 9.17) is 14.6 Å². The average Bonchev–Trinajstić information content (AvgIpc) is 2.38. The number of aliphatic hydroxyl groups excluding tert-OH is 1. The van der Waals surface area contributed by atoms with Crippen LogP contribution in [0.15, 0.2) is 54.6 Å². The highest BCUT2D eigenvalue weighted by Gasteiger charge is 1.99. The first-order valence-electron chi connectivity index (χ1n) is 5.85. The van der Waals surface area contributed by atoms with Gasteiger partial charge in [-0.3, -0.25) is 0 Å². The van der Waals surface area contributed by atoms with E-state index in [1.807, 2.05) is 42.5 Å². The molecule has 1 unspecified atom stereocenters. The summed E-state index contributed by atoms with van der Waals surface area (Å²) in [5.41, 5.74) is 1.13. The Morgan fingerprint density at radius 2 is 1.56 bits per heavy atom. The van der Waals surface area contributed by atoms with Crippen LogP contribution >= 0.6 is 0 Å². The standard InChI is InChI=1S/C15H16O3/c1-12(16)18-15-9-7-14(8-10-15)17-11-13-5-3-2-4-6-13/h2-10,12,16H,11H2,1H3. The molecule has 1 atom stereocenters. The van der Waals surface area contributed by atoms with Gasteiger partial charge in [-0.1, -0.05) is 30.3 Å². The molecule has 0 heterocycles. The van der Waals surface area contributed by atoms with Crippen molar-refractivity contribution in [3.8, 4) is 11.5 Å². The Bertz CT molecular complexity index is 463. The number of aliphatic hydroxyl groups is 1. The summed E-state index contributed by atoms with van der Waals surface area (Å²) in [6.45, 7) is 2.11. The summed E-state index contributed by atoms with van der Waals surface area (Å²) in [5, 5.41) is 9.07. The van der Waals surface area contributed by atoms with Crippen LogP contribution in [0.4, 0.5) is 0 Å². The first-order valence-corrected chi connectivity index (χ1v) is 5.85. The topological polar surface area (TPSA) is 38.7 Å². The molecule has 0 aliphatic carbocycles. The van der Waals surface area contributed by atoms with Crippen LogP contribution in [0.25, 0.3) is 0 Å². The fourth-order valence-electron chi connectivity index (χ4n) is 1.55. The van der Waals surface area contributed by atoms with Gasteiger partial charge in [0.15, 0.2) is 6.29 Å². The Hall–Kier alpha value is -2.00. The quantitative estimate of drug-likeness (QED) is 0.822. The van der Waals surface area contributed by atoms with Gasteiger partial charge >= 0.3 is 0 Å². The number of hydrogen-bond donors (Lipinski definition) is 1. The minimum Gasteiger partial charge on any atom is -0.489 e. The number of ether oxygens (including phenoxy) is 2. The Labute approximate surface area is 107 Å². The number of benzene rings is 2. The summed E-state index contributed by atoms with van der Waals surface area (Å²) in [6, 6.07) is 17.2. The lowest BCUT2D eigenvalue weighted by Gasteiger charge is -2.10. The zero-order chi connectivity index (χ0) is 12.8. The molecule has 0 aliphatic heterocycles. The Kier molecular flexibility index (Phi) is 4.20. The molecule has 0 saturated heterocycles. The van der Waals surface area contributed by atoms with Gasteiger partial charge in [-0.25, -0.2) is 0 Å². The molecule has 2 aromatic rings. The van der Waals surface area contributed by atoms with Crippen molar-refractivity contribution < 1.29 is 14.6 Å². The van der Waals surface area contributed by atoms with Crippen LogP contribution in [0.1, 0.15) is 12.5 Å². The SMILES string of the molecule is CC(O)Oc1ccc(OCc2ccccc2)cc1. The minimum atomic E-state index is -0.805. The van der Waals surface area contributed by atoms with Crippen molar-refractivity contribution in [3.05, 3.63) is 60.2 Å². The van der Waals surface area contributed by atoms with E-state index in [0.29, 0.717) is 12.4 Å². The van der Waals surface area contributed by atoms with Crippen molar-refractivity contribution in [2.45, 2.75) is 19.8 Å². The van der Waals surface area contributed by atoms with E-state index in [1.54, 1.807) is 19.1 Å². The highest BCUT2D eigenvalue weighted by Crippen LogP contribution is 2.19. The van der Waals surface area contributed by atoms with E-state index >= 15 is 0 Å². The van der Waals surface area contributed by atoms with E-state index in [-0.39, 0.29) is 0 Å². The molecule has 0 amide bonds. The largest absolute Gasteiger partial charge is 0.489 e. The summed E-state index contributed by atoms with van der Waals surface area (Å²) in [6.07, 6.45) is -0.805. The lowest BCUT2D eigenvalue weighted by atomic mass is 10.2. The number of rotatable bonds is 5. The Morgan fingerprint density at radius 3 is 2.17 bits per heavy atom. The van der Waals surface area contributed by atoms with E-state index in [9.17, 15) is 0 Å². The van der Waals surface area contributed by atoms with Crippen LogP contribution in [0.3, 0.4) is 0 Å². The van der Waals surface area contributed by atoms with Gasteiger partial charge in [0.1, 0.15) is 18.1 Å². The molecule has 0 spiro atoms. The van der Waals surface area contributed by atoms with Gasteiger partial charge in [0, 0.05) is 0 Å². The highest BCUT2D eigenvalue weighted by molar-refractivity contribution is 5.31. The van der Waals surface area contributed by atoms with Crippen molar-refractivity contribution >= 4 is 0 Å². The van der Waals surface area contributed by atoms with Crippen molar-refractivity contribution in [2.24, 2.45) is 0 Å². The molecular formula is C15H16O3. The van der Waals surface area contributed by atoms with E-state index < -0.39 is 6.29 Å². The van der Waals surface area contributed by atoms with Gasteiger partial charge < -0.3 is 14.6 Å². The third-order valence-corrected chi connectivity index (χ3v) is 2.38.